The number of nitrogens with one attached hydrogen (secondary N) is 2. The molecule has 14 nitrogen and oxygen atoms in total. The predicted molar refractivity (Wildman–Crippen MR) is 115 cm³/mol. The Morgan fingerprint density at radius 2 is 1.88 bits per heavy atom. The van der Waals surface area contributed by atoms with Crippen molar-refractivity contribution in [3.63, 3.8) is 0 Å². The number of aliphatic hydroxyl groups excluding tert-OH is 4. The summed E-state index contributed by atoms with van der Waals surface area (Å²) in [5.41, 5.74) is 0. The Balaban J connectivity index is 0.000000330. The smallest absolute Gasteiger partial charge is 0.343 e. The highest BCUT2D eigenvalue weighted by Crippen LogP contribution is 2.48. The quantitative estimate of drug-likeness (QED) is 0.0983. The molecule has 2 aliphatic rings. The average Bonchev–Trinajstić information content (AvgIpc) is 2.79. The van der Waals surface area contributed by atoms with Gasteiger partial charge >= 0.3 is 13.7 Å². The summed E-state index contributed by atoms with van der Waals surface area (Å²) in [5, 5.41) is 45.3. The van der Waals surface area contributed by atoms with Gasteiger partial charge in [-0.05, 0) is 6.42 Å². The van der Waals surface area contributed by atoms with Crippen LogP contribution < -0.4 is 10.4 Å². The monoisotopic (exact) mass is 525 g/mol. The lowest BCUT2D eigenvalue weighted by Gasteiger charge is -2.40. The van der Waals surface area contributed by atoms with Crippen molar-refractivity contribution in [3.05, 3.63) is 4.91 Å². The first-order valence-electron chi connectivity index (χ1n) is 9.70. The molecule has 0 aromatic heterocycles. The van der Waals surface area contributed by atoms with Crippen molar-refractivity contribution < 1.29 is 39.0 Å². The van der Waals surface area contributed by atoms with Gasteiger partial charge in [0.1, 0.15) is 24.4 Å². The van der Waals surface area contributed by atoms with E-state index in [-0.39, 0.29) is 0 Å². The molecule has 2 aliphatic heterocycles. The number of amides is 2. The van der Waals surface area contributed by atoms with E-state index >= 15 is 0 Å². The first kappa shape index (κ1) is 29.4. The van der Waals surface area contributed by atoms with Crippen LogP contribution in [-0.2, 0) is 13.8 Å². The zero-order chi connectivity index (χ0) is 24.3. The number of rotatable bonds is 8. The maximum Gasteiger partial charge on any atom is 0.343 e. The topological polar surface area (TPSA) is 193 Å². The molecule has 188 valence electrons. The number of halogens is 2. The van der Waals surface area contributed by atoms with E-state index in [2.05, 4.69) is 15.7 Å². The van der Waals surface area contributed by atoms with Crippen molar-refractivity contribution in [2.45, 2.75) is 37.1 Å². The number of ether oxygens (including phenoxy) is 1. The Morgan fingerprint density at radius 3 is 2.34 bits per heavy atom. The van der Waals surface area contributed by atoms with Crippen molar-refractivity contribution in [2.75, 3.05) is 51.7 Å². The van der Waals surface area contributed by atoms with Gasteiger partial charge in [-0.3, -0.25) is 4.57 Å². The summed E-state index contributed by atoms with van der Waals surface area (Å²) in [5.74, 6) is 0.845. The Bertz CT molecular complexity index is 624. The molecule has 0 aromatic rings. The number of alkyl halides is 2. The Labute approximate surface area is 195 Å². The number of nitroso groups, excluding NO2 is 1. The normalized spacial score (nSPS) is 32.6. The van der Waals surface area contributed by atoms with Crippen LogP contribution in [0.2, 0.25) is 0 Å². The number of hydrogen-bond donors (Lipinski definition) is 6. The highest BCUT2D eigenvalue weighted by molar-refractivity contribution is 7.54. The van der Waals surface area contributed by atoms with Gasteiger partial charge in [-0.15, -0.1) is 28.1 Å². The zero-order valence-electron chi connectivity index (χ0n) is 17.4. The number of aliphatic hydroxyl groups is 4. The zero-order valence-corrected chi connectivity index (χ0v) is 19.8. The molecule has 17 heteroatoms. The predicted octanol–water partition coefficient (Wildman–Crippen LogP) is -1.01. The van der Waals surface area contributed by atoms with Crippen LogP contribution in [0.3, 0.4) is 0 Å². The molecule has 0 bridgehead atoms. The second kappa shape index (κ2) is 14.6. The molecular formula is C15H30Cl2N5O9P. The van der Waals surface area contributed by atoms with Crippen LogP contribution in [0.4, 0.5) is 4.79 Å². The van der Waals surface area contributed by atoms with Crippen molar-refractivity contribution in [1.29, 1.82) is 0 Å². The Morgan fingerprint density at radius 1 is 1.25 bits per heavy atom. The summed E-state index contributed by atoms with van der Waals surface area (Å²) in [7, 11) is -1.77. The molecule has 6 atom stereocenters. The number of carbonyl (C=O) groups excluding carboxylic acids is 1. The molecule has 0 radical (unpaired) electrons. The lowest BCUT2D eigenvalue weighted by Crippen LogP contribution is -2.64. The summed E-state index contributed by atoms with van der Waals surface area (Å²) in [6.45, 7) is 1.70. The summed E-state index contributed by atoms with van der Waals surface area (Å²) < 4.78 is 24.0. The highest BCUT2D eigenvalue weighted by atomic mass is 35.5. The highest BCUT2D eigenvalue weighted by Gasteiger charge is 2.44. The molecule has 0 aromatic carbocycles. The molecule has 2 rings (SSSR count). The molecule has 6 N–H and O–H groups in total. The lowest BCUT2D eigenvalue weighted by atomic mass is 9.97. The number of carbonyl (C=O) groups is 1. The molecular weight excluding hydrogens is 496 g/mol. The van der Waals surface area contributed by atoms with Gasteiger partial charge in [0.25, 0.3) is 0 Å². The molecule has 0 spiro atoms. The SMILES string of the molecule is CN(N=O)C(=O)N[C@@H]1[C@@H](O)[C@H](O)[C@@H](CO)O[C@@H]1O.O=P1(N(CCCl)CCCl)NCCCO1. The van der Waals surface area contributed by atoms with E-state index < -0.39 is 51.0 Å². The molecule has 2 heterocycles. The number of urea groups is 1. The summed E-state index contributed by atoms with van der Waals surface area (Å²) >= 11 is 11.2. The molecule has 32 heavy (non-hydrogen) atoms. The number of nitrogens with zero attached hydrogens (tertiary/aromatic N) is 3. The third-order valence-electron chi connectivity index (χ3n) is 4.56. The van der Waals surface area contributed by atoms with E-state index in [0.29, 0.717) is 36.5 Å². The largest absolute Gasteiger partial charge is 0.394 e. The van der Waals surface area contributed by atoms with E-state index in [1.54, 1.807) is 4.67 Å². The maximum absolute atomic E-state index is 12.2. The van der Waals surface area contributed by atoms with Crippen LogP contribution in [0.15, 0.2) is 5.29 Å². The van der Waals surface area contributed by atoms with Gasteiger partial charge in [-0.25, -0.2) is 14.6 Å². The van der Waals surface area contributed by atoms with Crippen molar-refractivity contribution in [2.24, 2.45) is 5.29 Å². The summed E-state index contributed by atoms with van der Waals surface area (Å²) in [4.78, 5) is 21.4. The molecule has 0 saturated carbocycles. The fourth-order valence-corrected chi connectivity index (χ4v) is 5.45. The van der Waals surface area contributed by atoms with Gasteiger partial charge in [0, 0.05) is 38.4 Å². The molecule has 2 amide bonds. The molecule has 2 saturated heterocycles. The first-order chi connectivity index (χ1) is 15.1. The number of hydrogen-bond acceptors (Lipinski definition) is 10. The van der Waals surface area contributed by atoms with Crippen molar-refractivity contribution in [3.8, 4) is 0 Å². The van der Waals surface area contributed by atoms with Gasteiger partial charge in [-0.2, -0.15) is 5.01 Å². The van der Waals surface area contributed by atoms with Gasteiger partial charge in [-0.1, -0.05) is 0 Å². The second-order valence-electron chi connectivity index (χ2n) is 6.76. The maximum atomic E-state index is 12.2. The fourth-order valence-electron chi connectivity index (χ4n) is 2.80. The fraction of sp³-hybridized carbons (Fsp3) is 0.933. The Kier molecular flexibility index (Phi) is 13.4. The third-order valence-corrected chi connectivity index (χ3v) is 7.20. The van der Waals surface area contributed by atoms with Crippen LogP contribution >= 0.6 is 30.9 Å². The van der Waals surface area contributed by atoms with E-state index in [4.69, 9.17) is 37.6 Å². The van der Waals surface area contributed by atoms with Crippen molar-refractivity contribution in [1.82, 2.24) is 20.1 Å². The van der Waals surface area contributed by atoms with Gasteiger partial charge < -0.3 is 35.0 Å². The summed E-state index contributed by atoms with van der Waals surface area (Å²) in [6, 6.07) is -2.33. The molecule has 1 unspecified atom stereocenters. The molecule has 2 fully saturated rings. The lowest BCUT2D eigenvalue weighted by molar-refractivity contribution is -0.252. The second-order valence-corrected chi connectivity index (χ2v) is 9.69. The van der Waals surface area contributed by atoms with Crippen LogP contribution in [0.25, 0.3) is 0 Å². The minimum absolute atomic E-state index is 0.407. The third kappa shape index (κ3) is 8.29. The minimum atomic E-state index is -2.84. The van der Waals surface area contributed by atoms with E-state index in [9.17, 15) is 29.6 Å². The average molecular weight is 526 g/mol. The summed E-state index contributed by atoms with van der Waals surface area (Å²) in [6.07, 6.45) is -4.96. The van der Waals surface area contributed by atoms with Crippen molar-refractivity contribution >= 4 is 36.9 Å². The van der Waals surface area contributed by atoms with E-state index in [1.807, 2.05) is 0 Å². The van der Waals surface area contributed by atoms with E-state index in [0.717, 1.165) is 20.0 Å². The van der Waals surface area contributed by atoms with Gasteiger partial charge in [0.15, 0.2) is 6.29 Å². The van der Waals surface area contributed by atoms with Gasteiger partial charge in [0.2, 0.25) is 0 Å². The molecule has 0 aliphatic carbocycles. The van der Waals surface area contributed by atoms with Crippen LogP contribution in [0.5, 0.6) is 0 Å². The standard InChI is InChI=1S/C8H15N3O7.C7H15Cl2N2O2P/c1-11(10-17)8(16)9-4-6(14)5(13)3(2-12)18-7(4)15;8-2-5-11(6-3-9)14(12)10-4-1-7-13-14/h3-7,12-15H,2H2,1H3,(H,9,16);1-7H2,(H,10,12)/t3-,4-,5-,6-,7+;/m1./s1. The van der Waals surface area contributed by atoms with Crippen LogP contribution in [0, 0.1) is 4.91 Å². The first-order valence-corrected chi connectivity index (χ1v) is 12.3. The van der Waals surface area contributed by atoms with Crippen LogP contribution in [0.1, 0.15) is 6.42 Å². The van der Waals surface area contributed by atoms with Crippen LogP contribution in [-0.4, -0.2) is 118 Å². The van der Waals surface area contributed by atoms with E-state index in [1.165, 1.54) is 0 Å². The minimum Gasteiger partial charge on any atom is -0.394 e. The Hall–Kier alpha value is -0.640. The van der Waals surface area contributed by atoms with Gasteiger partial charge in [0.05, 0.1) is 18.5 Å².